The van der Waals surface area contributed by atoms with Gasteiger partial charge in [0.1, 0.15) is 9.77 Å². The van der Waals surface area contributed by atoms with E-state index in [1.54, 1.807) is 6.92 Å². The lowest BCUT2D eigenvalue weighted by molar-refractivity contribution is -0.160. The van der Waals surface area contributed by atoms with Crippen molar-refractivity contribution >= 4 is 33.2 Å². The van der Waals surface area contributed by atoms with Gasteiger partial charge in [-0.3, -0.25) is 4.79 Å². The van der Waals surface area contributed by atoms with Crippen molar-refractivity contribution < 1.29 is 27.9 Å². The van der Waals surface area contributed by atoms with E-state index in [1.165, 1.54) is 30.4 Å². The van der Waals surface area contributed by atoms with E-state index in [2.05, 4.69) is 0 Å². The molecule has 1 saturated heterocycles. The number of ether oxygens (including phenoxy) is 1. The number of carbonyl (C=O) groups is 2. The summed E-state index contributed by atoms with van der Waals surface area (Å²) < 4.78 is 30.9. The molecule has 0 aliphatic carbocycles. The number of morpholine rings is 1. The number of hydrogen-bond donors (Lipinski definition) is 1. The van der Waals surface area contributed by atoms with Gasteiger partial charge in [0, 0.05) is 20.6 Å². The smallest absolute Gasteiger partial charge is 0.334 e. The molecular weight excluding hydrogens is 344 g/mol. The van der Waals surface area contributed by atoms with Crippen LogP contribution in [0.1, 0.15) is 16.6 Å². The number of sulfonamides is 1. The Labute approximate surface area is 138 Å². The summed E-state index contributed by atoms with van der Waals surface area (Å²) in [6.07, 6.45) is -1.56. The van der Waals surface area contributed by atoms with Gasteiger partial charge in [-0.1, -0.05) is 0 Å². The molecule has 1 fully saturated rings. The number of amides is 1. The van der Waals surface area contributed by atoms with Crippen LogP contribution in [0.15, 0.2) is 16.3 Å². The summed E-state index contributed by atoms with van der Waals surface area (Å²) in [5.74, 6) is -1.65. The average molecular weight is 362 g/mol. The summed E-state index contributed by atoms with van der Waals surface area (Å²) in [5.41, 5.74) is 0. The van der Waals surface area contributed by atoms with E-state index in [1.807, 2.05) is 0 Å². The molecule has 1 aromatic rings. The van der Waals surface area contributed by atoms with E-state index in [9.17, 15) is 18.0 Å². The fourth-order valence-electron chi connectivity index (χ4n) is 2.25. The Kier molecular flexibility index (Phi) is 5.09. The summed E-state index contributed by atoms with van der Waals surface area (Å²) in [7, 11) is -0.968. The maximum atomic E-state index is 12.7. The zero-order chi connectivity index (χ0) is 17.4. The Bertz CT molecular complexity index is 712. The number of hydrogen-bond acceptors (Lipinski definition) is 6. The Morgan fingerprint density at radius 1 is 1.39 bits per heavy atom. The summed E-state index contributed by atoms with van der Waals surface area (Å²) >= 11 is 1.02. The predicted octanol–water partition coefficient (Wildman–Crippen LogP) is 0.313. The average Bonchev–Trinajstić information content (AvgIpc) is 2.95. The van der Waals surface area contributed by atoms with Gasteiger partial charge in [-0.2, -0.15) is 0 Å². The molecule has 1 aliphatic rings. The number of aliphatic carboxylic acids is 1. The van der Waals surface area contributed by atoms with Crippen LogP contribution in [0, 0.1) is 0 Å². The summed E-state index contributed by atoms with van der Waals surface area (Å²) in [5, 5.41) is 10.6. The molecular formula is C13H18N2O6S2. The minimum Gasteiger partial charge on any atom is -0.479 e. The number of thiophene rings is 1. The summed E-state index contributed by atoms with van der Waals surface area (Å²) in [4.78, 5) is 25.1. The third kappa shape index (κ3) is 3.55. The fraction of sp³-hybridized carbons (Fsp3) is 0.538. The molecule has 2 rings (SSSR count). The number of carboxylic acid groups (broad SMARTS) is 1. The van der Waals surface area contributed by atoms with Gasteiger partial charge < -0.3 is 14.7 Å². The molecule has 1 aromatic heterocycles. The third-order valence-electron chi connectivity index (χ3n) is 3.40. The molecule has 0 bridgehead atoms. The van der Waals surface area contributed by atoms with E-state index in [0.717, 1.165) is 15.6 Å². The molecule has 1 amide bonds. The topological polar surface area (TPSA) is 104 Å². The standard InChI is InChI=1S/C13H18N2O6S2/c1-8-6-15(7-9(21-8)13(17)18)12(16)11-10(4-5-22-11)23(19,20)14(2)3/h4-5,8-9H,6-7H2,1-3H3,(H,17,18)/t8-,9?/m1/s1. The van der Waals surface area contributed by atoms with Gasteiger partial charge in [-0.25, -0.2) is 17.5 Å². The van der Waals surface area contributed by atoms with Gasteiger partial charge in [0.15, 0.2) is 6.10 Å². The molecule has 2 atom stereocenters. The molecule has 0 saturated carbocycles. The molecule has 0 spiro atoms. The Morgan fingerprint density at radius 3 is 2.61 bits per heavy atom. The summed E-state index contributed by atoms with van der Waals surface area (Å²) in [6, 6.07) is 1.38. The highest BCUT2D eigenvalue weighted by molar-refractivity contribution is 7.89. The first-order chi connectivity index (χ1) is 10.6. The first kappa shape index (κ1) is 17.9. The maximum Gasteiger partial charge on any atom is 0.334 e. The van der Waals surface area contributed by atoms with Crippen LogP contribution >= 0.6 is 11.3 Å². The van der Waals surface area contributed by atoms with Gasteiger partial charge in [0.25, 0.3) is 5.91 Å². The van der Waals surface area contributed by atoms with Crippen LogP contribution in [0.4, 0.5) is 0 Å². The van der Waals surface area contributed by atoms with Crippen LogP contribution in [0.5, 0.6) is 0 Å². The van der Waals surface area contributed by atoms with E-state index in [4.69, 9.17) is 9.84 Å². The van der Waals surface area contributed by atoms with Crippen molar-refractivity contribution in [2.75, 3.05) is 27.2 Å². The maximum absolute atomic E-state index is 12.7. The molecule has 0 aromatic carbocycles. The van der Waals surface area contributed by atoms with E-state index < -0.39 is 34.1 Å². The monoisotopic (exact) mass is 362 g/mol. The van der Waals surface area contributed by atoms with Crippen LogP contribution in [0.2, 0.25) is 0 Å². The molecule has 1 unspecified atom stereocenters. The largest absolute Gasteiger partial charge is 0.479 e. The number of carbonyl (C=O) groups excluding carboxylic acids is 1. The Hall–Kier alpha value is -1.49. The SMILES string of the molecule is C[C@@H]1CN(C(=O)c2sccc2S(=O)(=O)N(C)C)CC(C(=O)O)O1. The second-order valence-corrected chi connectivity index (χ2v) is 8.42. The van der Waals surface area contributed by atoms with Crippen molar-refractivity contribution in [2.45, 2.75) is 24.0 Å². The van der Waals surface area contributed by atoms with Crippen molar-refractivity contribution in [2.24, 2.45) is 0 Å². The van der Waals surface area contributed by atoms with Gasteiger partial charge in [-0.15, -0.1) is 11.3 Å². The number of nitrogens with zero attached hydrogens (tertiary/aromatic N) is 2. The van der Waals surface area contributed by atoms with Crippen LogP contribution in [-0.2, 0) is 19.6 Å². The second-order valence-electron chi connectivity index (χ2n) is 5.39. The highest BCUT2D eigenvalue weighted by Gasteiger charge is 2.35. The highest BCUT2D eigenvalue weighted by atomic mass is 32.2. The van der Waals surface area contributed by atoms with E-state index in [0.29, 0.717) is 0 Å². The van der Waals surface area contributed by atoms with Gasteiger partial charge in [0.05, 0.1) is 12.6 Å². The first-order valence-corrected chi connectivity index (χ1v) is 9.14. The second kappa shape index (κ2) is 6.56. The van der Waals surface area contributed by atoms with Crippen molar-refractivity contribution in [3.05, 3.63) is 16.3 Å². The van der Waals surface area contributed by atoms with Gasteiger partial charge >= 0.3 is 5.97 Å². The molecule has 23 heavy (non-hydrogen) atoms. The minimum atomic E-state index is -3.74. The van der Waals surface area contributed by atoms with Crippen LogP contribution in [0.3, 0.4) is 0 Å². The normalized spacial score (nSPS) is 22.3. The lowest BCUT2D eigenvalue weighted by Crippen LogP contribution is -2.51. The zero-order valence-electron chi connectivity index (χ0n) is 12.9. The van der Waals surface area contributed by atoms with Crippen molar-refractivity contribution in [1.82, 2.24) is 9.21 Å². The quantitative estimate of drug-likeness (QED) is 0.827. The van der Waals surface area contributed by atoms with Gasteiger partial charge in [0.2, 0.25) is 10.0 Å². The van der Waals surface area contributed by atoms with Crippen molar-refractivity contribution in [3.8, 4) is 0 Å². The van der Waals surface area contributed by atoms with E-state index >= 15 is 0 Å². The minimum absolute atomic E-state index is 0.0662. The van der Waals surface area contributed by atoms with Crippen LogP contribution < -0.4 is 0 Å². The van der Waals surface area contributed by atoms with Gasteiger partial charge in [-0.05, 0) is 18.4 Å². The molecule has 2 heterocycles. The Morgan fingerprint density at radius 2 is 2.04 bits per heavy atom. The lowest BCUT2D eigenvalue weighted by Gasteiger charge is -2.34. The van der Waals surface area contributed by atoms with Crippen LogP contribution in [-0.4, -0.2) is 74.0 Å². The van der Waals surface area contributed by atoms with Crippen molar-refractivity contribution in [3.63, 3.8) is 0 Å². The Balaban J connectivity index is 2.32. The zero-order valence-corrected chi connectivity index (χ0v) is 14.6. The van der Waals surface area contributed by atoms with Crippen molar-refractivity contribution in [1.29, 1.82) is 0 Å². The third-order valence-corrected chi connectivity index (χ3v) is 6.29. The van der Waals surface area contributed by atoms with E-state index in [-0.39, 0.29) is 22.9 Å². The highest BCUT2D eigenvalue weighted by Crippen LogP contribution is 2.26. The molecule has 1 N–H and O–H groups in total. The summed E-state index contributed by atoms with van der Waals surface area (Å²) in [6.45, 7) is 1.76. The fourth-order valence-corrected chi connectivity index (χ4v) is 4.51. The number of carboxylic acids is 1. The molecule has 1 aliphatic heterocycles. The predicted molar refractivity (Wildman–Crippen MR) is 83.1 cm³/mol. The first-order valence-electron chi connectivity index (χ1n) is 6.82. The molecule has 8 nitrogen and oxygen atoms in total. The van der Waals surface area contributed by atoms with Crippen LogP contribution in [0.25, 0.3) is 0 Å². The molecule has 128 valence electrons. The lowest BCUT2D eigenvalue weighted by atomic mass is 10.2. The molecule has 10 heteroatoms. The molecule has 0 radical (unpaired) electrons. The number of rotatable bonds is 4.